The second-order valence-corrected chi connectivity index (χ2v) is 6.78. The van der Waals surface area contributed by atoms with E-state index in [0.717, 1.165) is 41.8 Å². The molecule has 0 amide bonds. The average molecular weight is 361 g/mol. The van der Waals surface area contributed by atoms with Gasteiger partial charge in [0.05, 0.1) is 6.10 Å². The molecule has 0 aliphatic carbocycles. The van der Waals surface area contributed by atoms with Crippen LogP contribution in [0.4, 0.5) is 0 Å². The molecule has 3 heterocycles. The Hall–Kier alpha value is -2.79. The van der Waals surface area contributed by atoms with Crippen molar-refractivity contribution < 1.29 is 9.47 Å². The fraction of sp³-hybridized carbons (Fsp3) is 0.318. The Bertz CT molecular complexity index is 873. The van der Waals surface area contributed by atoms with Crippen LogP contribution in [0.2, 0.25) is 0 Å². The van der Waals surface area contributed by atoms with E-state index in [-0.39, 0.29) is 6.10 Å². The summed E-state index contributed by atoms with van der Waals surface area (Å²) in [6, 6.07) is 14.1. The number of hydrogen-bond acceptors (Lipinski definition) is 5. The molecule has 4 rings (SSSR count). The first-order chi connectivity index (χ1) is 13.3. The predicted molar refractivity (Wildman–Crippen MR) is 105 cm³/mol. The summed E-state index contributed by atoms with van der Waals surface area (Å²) in [5, 5.41) is 0. The lowest BCUT2D eigenvalue weighted by atomic mass is 10.1. The summed E-state index contributed by atoms with van der Waals surface area (Å²) in [6.45, 7) is 3.35. The summed E-state index contributed by atoms with van der Waals surface area (Å²) >= 11 is 0. The van der Waals surface area contributed by atoms with Crippen LogP contribution in [-0.4, -0.2) is 34.3 Å². The zero-order chi connectivity index (χ0) is 18.5. The van der Waals surface area contributed by atoms with Crippen molar-refractivity contribution in [2.24, 2.45) is 0 Å². The molecule has 1 aliphatic heterocycles. The van der Waals surface area contributed by atoms with Crippen molar-refractivity contribution >= 4 is 0 Å². The van der Waals surface area contributed by atoms with E-state index in [1.807, 2.05) is 31.3 Å². The lowest BCUT2D eigenvalue weighted by Gasteiger charge is -2.22. The van der Waals surface area contributed by atoms with Crippen LogP contribution >= 0.6 is 0 Å². The minimum absolute atomic E-state index is 0.166. The van der Waals surface area contributed by atoms with Crippen LogP contribution in [-0.2, 0) is 4.74 Å². The van der Waals surface area contributed by atoms with Crippen molar-refractivity contribution in [2.75, 3.05) is 13.2 Å². The quantitative estimate of drug-likeness (QED) is 0.671. The van der Waals surface area contributed by atoms with Gasteiger partial charge in [-0.2, -0.15) is 4.98 Å². The molecule has 1 saturated heterocycles. The number of aryl methyl sites for hydroxylation is 1. The fourth-order valence-corrected chi connectivity index (χ4v) is 3.13. The highest BCUT2D eigenvalue weighted by molar-refractivity contribution is 5.67. The third kappa shape index (κ3) is 4.49. The molecule has 0 spiro atoms. The highest BCUT2D eigenvalue weighted by Crippen LogP contribution is 2.24. The third-order valence-electron chi connectivity index (χ3n) is 4.71. The molecule has 1 fully saturated rings. The zero-order valence-electron chi connectivity index (χ0n) is 15.5. The standard InChI is InChI=1S/C22H23N3O2/c1-16-5-6-19(14-24-16)17-7-9-18(10-8-17)22-23-12-11-21(25-22)27-15-20-4-2-3-13-26-20/h5-12,14,20H,2-4,13,15H2,1H3. The van der Waals surface area contributed by atoms with Crippen molar-refractivity contribution in [1.82, 2.24) is 15.0 Å². The van der Waals surface area contributed by atoms with E-state index < -0.39 is 0 Å². The van der Waals surface area contributed by atoms with Crippen molar-refractivity contribution in [3.05, 3.63) is 60.6 Å². The smallest absolute Gasteiger partial charge is 0.216 e. The summed E-state index contributed by atoms with van der Waals surface area (Å²) in [7, 11) is 0. The molecule has 0 N–H and O–H groups in total. The molecule has 0 saturated carbocycles. The van der Waals surface area contributed by atoms with E-state index in [9.17, 15) is 0 Å². The Kier molecular flexibility index (Phi) is 5.39. The summed E-state index contributed by atoms with van der Waals surface area (Å²) < 4.78 is 11.5. The number of pyridine rings is 1. The molecule has 0 radical (unpaired) electrons. The molecule has 0 bridgehead atoms. The SMILES string of the molecule is Cc1ccc(-c2ccc(-c3nccc(OCC4CCCCO4)n3)cc2)cn1. The minimum atomic E-state index is 0.166. The molecular formula is C22H23N3O2. The molecule has 138 valence electrons. The molecule has 3 aromatic rings. The topological polar surface area (TPSA) is 57.1 Å². The van der Waals surface area contributed by atoms with E-state index in [4.69, 9.17) is 9.47 Å². The van der Waals surface area contributed by atoms with Gasteiger partial charge in [0.2, 0.25) is 5.88 Å². The number of hydrogen-bond donors (Lipinski definition) is 0. The van der Waals surface area contributed by atoms with Crippen molar-refractivity contribution in [3.63, 3.8) is 0 Å². The monoisotopic (exact) mass is 361 g/mol. The molecule has 5 heteroatoms. The van der Waals surface area contributed by atoms with Gasteiger partial charge >= 0.3 is 0 Å². The van der Waals surface area contributed by atoms with Gasteiger partial charge in [-0.1, -0.05) is 30.3 Å². The summed E-state index contributed by atoms with van der Waals surface area (Å²) in [5.41, 5.74) is 4.18. The van der Waals surface area contributed by atoms with E-state index >= 15 is 0 Å². The van der Waals surface area contributed by atoms with Gasteiger partial charge in [0.15, 0.2) is 5.82 Å². The first-order valence-electron chi connectivity index (χ1n) is 9.39. The largest absolute Gasteiger partial charge is 0.475 e. The van der Waals surface area contributed by atoms with Gasteiger partial charge in [0.25, 0.3) is 0 Å². The number of ether oxygens (including phenoxy) is 2. The molecule has 2 aromatic heterocycles. The van der Waals surface area contributed by atoms with Crippen molar-refractivity contribution in [2.45, 2.75) is 32.3 Å². The van der Waals surface area contributed by atoms with Crippen LogP contribution in [0.1, 0.15) is 25.0 Å². The number of benzene rings is 1. The van der Waals surface area contributed by atoms with Crippen LogP contribution in [0.5, 0.6) is 5.88 Å². The normalized spacial score (nSPS) is 16.9. The predicted octanol–water partition coefficient (Wildman–Crippen LogP) is 4.46. The Balaban J connectivity index is 1.45. The van der Waals surface area contributed by atoms with Crippen LogP contribution in [0, 0.1) is 6.92 Å². The molecule has 1 unspecified atom stereocenters. The number of aromatic nitrogens is 3. The zero-order valence-corrected chi connectivity index (χ0v) is 15.5. The Morgan fingerprint density at radius 1 is 0.963 bits per heavy atom. The van der Waals surface area contributed by atoms with E-state index in [1.165, 1.54) is 6.42 Å². The van der Waals surface area contributed by atoms with E-state index in [0.29, 0.717) is 18.3 Å². The summed E-state index contributed by atoms with van der Waals surface area (Å²) in [4.78, 5) is 13.3. The first-order valence-corrected chi connectivity index (χ1v) is 9.39. The lowest BCUT2D eigenvalue weighted by molar-refractivity contribution is -0.0119. The Morgan fingerprint density at radius 3 is 2.52 bits per heavy atom. The van der Waals surface area contributed by atoms with Gasteiger partial charge in [-0.15, -0.1) is 0 Å². The van der Waals surface area contributed by atoms with E-state index in [1.54, 1.807) is 12.3 Å². The Morgan fingerprint density at radius 2 is 1.78 bits per heavy atom. The molecule has 1 aromatic carbocycles. The minimum Gasteiger partial charge on any atom is -0.475 e. The maximum absolute atomic E-state index is 5.83. The second kappa shape index (κ2) is 8.27. The van der Waals surface area contributed by atoms with Gasteiger partial charge in [-0.3, -0.25) is 4.98 Å². The van der Waals surface area contributed by atoms with Crippen LogP contribution in [0.15, 0.2) is 54.9 Å². The van der Waals surface area contributed by atoms with Gasteiger partial charge in [-0.25, -0.2) is 4.98 Å². The lowest BCUT2D eigenvalue weighted by Crippen LogP contribution is -2.26. The number of rotatable bonds is 5. The molecule has 5 nitrogen and oxygen atoms in total. The van der Waals surface area contributed by atoms with Gasteiger partial charge in [-0.05, 0) is 37.8 Å². The first kappa shape index (κ1) is 17.6. The van der Waals surface area contributed by atoms with E-state index in [2.05, 4.69) is 33.2 Å². The van der Waals surface area contributed by atoms with Gasteiger partial charge < -0.3 is 9.47 Å². The number of nitrogens with zero attached hydrogens (tertiary/aromatic N) is 3. The van der Waals surface area contributed by atoms with Crippen LogP contribution < -0.4 is 4.74 Å². The Labute approximate surface area is 159 Å². The third-order valence-corrected chi connectivity index (χ3v) is 4.71. The maximum atomic E-state index is 5.83. The van der Waals surface area contributed by atoms with Gasteiger partial charge in [0.1, 0.15) is 6.61 Å². The van der Waals surface area contributed by atoms with Gasteiger partial charge in [0, 0.05) is 41.9 Å². The molecular weight excluding hydrogens is 338 g/mol. The molecule has 1 aliphatic rings. The van der Waals surface area contributed by atoms with Crippen LogP contribution in [0.25, 0.3) is 22.5 Å². The maximum Gasteiger partial charge on any atom is 0.216 e. The van der Waals surface area contributed by atoms with Crippen molar-refractivity contribution in [3.8, 4) is 28.4 Å². The summed E-state index contributed by atoms with van der Waals surface area (Å²) in [6.07, 6.45) is 7.18. The van der Waals surface area contributed by atoms with Crippen molar-refractivity contribution in [1.29, 1.82) is 0 Å². The van der Waals surface area contributed by atoms with Crippen LogP contribution in [0.3, 0.4) is 0 Å². The molecule has 1 atom stereocenters. The highest BCUT2D eigenvalue weighted by Gasteiger charge is 2.15. The fourth-order valence-electron chi connectivity index (χ4n) is 3.13. The highest BCUT2D eigenvalue weighted by atomic mass is 16.5. The molecule has 27 heavy (non-hydrogen) atoms. The average Bonchev–Trinajstić information content (AvgIpc) is 2.74. The summed E-state index contributed by atoms with van der Waals surface area (Å²) in [5.74, 6) is 1.24. The second-order valence-electron chi connectivity index (χ2n) is 6.78.